The van der Waals surface area contributed by atoms with Crippen LogP contribution in [0.2, 0.25) is 0 Å². The standard InChI is InChI=1S/C39H68N2O11/c1-11-14-15-16-17-18-20-41-32(43)26(23-38(7,8)28(34(46)47)25(4)31(42)40-21-19-22-52-13-3)29(35(48)49)39(9,10)24-27(33(44)45)30(36(50)51)37(5,6)12-2/h13,25-30H,3,11-12,14-24H2,1-2,4-10H3,(H,40,42)(H,41,43)(H,44,45)(H,46,47)(H,48,49)(H,50,51). The van der Waals surface area contributed by atoms with Crippen LogP contribution in [-0.4, -0.2) is 75.8 Å². The molecular formula is C39H68N2O11. The van der Waals surface area contributed by atoms with Crippen LogP contribution < -0.4 is 10.6 Å². The molecule has 13 heteroatoms. The third kappa shape index (κ3) is 15.1. The number of aliphatic carboxylic acids is 4. The first kappa shape index (κ1) is 48.4. The second-order valence-corrected chi connectivity index (χ2v) is 16.3. The summed E-state index contributed by atoms with van der Waals surface area (Å²) in [5, 5.41) is 47.3. The third-order valence-corrected chi connectivity index (χ3v) is 10.8. The van der Waals surface area contributed by atoms with E-state index < -0.39 is 87.4 Å². The van der Waals surface area contributed by atoms with Gasteiger partial charge >= 0.3 is 23.9 Å². The summed E-state index contributed by atoms with van der Waals surface area (Å²) >= 11 is 0. The van der Waals surface area contributed by atoms with Gasteiger partial charge in [0.2, 0.25) is 11.8 Å². The summed E-state index contributed by atoms with van der Waals surface area (Å²) < 4.78 is 5.06. The second-order valence-electron chi connectivity index (χ2n) is 16.3. The van der Waals surface area contributed by atoms with Crippen molar-refractivity contribution in [3.05, 3.63) is 12.8 Å². The normalized spacial score (nSPS) is 15.6. The number of amides is 2. The van der Waals surface area contributed by atoms with E-state index in [1.54, 1.807) is 34.6 Å². The molecule has 0 aliphatic heterocycles. The Hall–Kier alpha value is -3.64. The van der Waals surface area contributed by atoms with Gasteiger partial charge < -0.3 is 35.8 Å². The van der Waals surface area contributed by atoms with Crippen molar-refractivity contribution in [3.63, 3.8) is 0 Å². The van der Waals surface area contributed by atoms with Crippen LogP contribution in [0.3, 0.4) is 0 Å². The lowest BCUT2D eigenvalue weighted by molar-refractivity contribution is -0.164. The Balaban J connectivity index is 6.89. The van der Waals surface area contributed by atoms with Gasteiger partial charge in [-0.1, -0.05) is 107 Å². The smallest absolute Gasteiger partial charge is 0.307 e. The van der Waals surface area contributed by atoms with Gasteiger partial charge in [-0.15, -0.1) is 0 Å². The van der Waals surface area contributed by atoms with Crippen LogP contribution in [0, 0.1) is 51.8 Å². The summed E-state index contributed by atoms with van der Waals surface area (Å²) in [6, 6.07) is 0. The Morgan fingerprint density at radius 2 is 1.06 bits per heavy atom. The van der Waals surface area contributed by atoms with Crippen LogP contribution in [0.15, 0.2) is 12.8 Å². The highest BCUT2D eigenvalue weighted by molar-refractivity contribution is 5.87. The molecule has 0 rings (SSSR count). The Labute approximate surface area is 310 Å². The van der Waals surface area contributed by atoms with Crippen LogP contribution in [0.1, 0.15) is 127 Å². The van der Waals surface area contributed by atoms with E-state index in [1.807, 2.05) is 0 Å². The molecule has 0 aromatic carbocycles. The molecule has 0 aliphatic rings. The number of carboxylic acids is 4. The number of hydrogen-bond acceptors (Lipinski definition) is 7. The number of nitrogens with one attached hydrogen (secondary N) is 2. The molecule has 0 aromatic heterocycles. The Kier molecular flexibility index (Phi) is 20.9. The lowest BCUT2D eigenvalue weighted by atomic mass is 9.59. The van der Waals surface area contributed by atoms with E-state index in [0.29, 0.717) is 25.9 Å². The van der Waals surface area contributed by atoms with Crippen molar-refractivity contribution < 1.29 is 53.9 Å². The lowest BCUT2D eigenvalue weighted by Crippen LogP contribution is -2.51. The van der Waals surface area contributed by atoms with E-state index in [2.05, 4.69) is 24.1 Å². The van der Waals surface area contributed by atoms with Gasteiger partial charge in [-0.3, -0.25) is 28.8 Å². The Bertz CT molecular complexity index is 1200. The molecule has 0 fully saturated rings. The van der Waals surface area contributed by atoms with Crippen molar-refractivity contribution in [3.8, 4) is 0 Å². The molecule has 0 spiro atoms. The average molecular weight is 741 g/mol. The molecule has 0 heterocycles. The highest BCUT2D eigenvalue weighted by atomic mass is 16.5. The maximum Gasteiger partial charge on any atom is 0.307 e. The molecule has 0 saturated carbocycles. The summed E-state index contributed by atoms with van der Waals surface area (Å²) in [6.45, 7) is 19.1. The SMILES string of the molecule is C=COCCCNC(=O)C(C)C(C(=O)O)C(C)(C)CC(C(=O)NCCCCCCCC)C(C(=O)O)C(C)(C)CC(C(=O)O)C(C(=O)O)C(C)(C)CC. The van der Waals surface area contributed by atoms with Gasteiger partial charge in [-0.2, -0.15) is 0 Å². The van der Waals surface area contributed by atoms with Gasteiger partial charge in [0.1, 0.15) is 0 Å². The van der Waals surface area contributed by atoms with Gasteiger partial charge in [0.25, 0.3) is 0 Å². The summed E-state index contributed by atoms with van der Waals surface area (Å²) in [4.78, 5) is 78.6. The molecule has 6 unspecified atom stereocenters. The highest BCUT2D eigenvalue weighted by Gasteiger charge is 2.53. The maximum atomic E-state index is 14.1. The zero-order valence-corrected chi connectivity index (χ0v) is 33.1. The molecule has 13 nitrogen and oxygen atoms in total. The number of unbranched alkanes of at least 4 members (excludes halogenated alkanes) is 5. The maximum absolute atomic E-state index is 14.1. The van der Waals surface area contributed by atoms with Crippen molar-refractivity contribution in [2.24, 2.45) is 51.8 Å². The largest absolute Gasteiger partial charge is 0.502 e. The summed E-state index contributed by atoms with van der Waals surface area (Å²) in [7, 11) is 0. The third-order valence-electron chi connectivity index (χ3n) is 10.8. The first-order valence-corrected chi connectivity index (χ1v) is 18.7. The predicted molar refractivity (Wildman–Crippen MR) is 198 cm³/mol. The van der Waals surface area contributed by atoms with Crippen molar-refractivity contribution in [1.82, 2.24) is 10.6 Å². The molecule has 0 aliphatic carbocycles. The monoisotopic (exact) mass is 740 g/mol. The number of ether oxygens (including phenoxy) is 1. The van der Waals surface area contributed by atoms with Crippen LogP contribution >= 0.6 is 0 Å². The molecule has 0 saturated heterocycles. The van der Waals surface area contributed by atoms with Gasteiger partial charge in [0, 0.05) is 19.0 Å². The minimum atomic E-state index is -1.54. The Morgan fingerprint density at radius 3 is 1.54 bits per heavy atom. The fourth-order valence-electron chi connectivity index (χ4n) is 7.65. The van der Waals surface area contributed by atoms with Gasteiger partial charge in [0.05, 0.1) is 42.5 Å². The number of carboxylic acid groups (broad SMARTS) is 4. The average Bonchev–Trinajstić information content (AvgIpc) is 3.02. The molecule has 6 atom stereocenters. The predicted octanol–water partition coefficient (Wildman–Crippen LogP) is 6.45. The lowest BCUT2D eigenvalue weighted by Gasteiger charge is -2.44. The zero-order valence-electron chi connectivity index (χ0n) is 33.1. The molecule has 0 radical (unpaired) electrons. The first-order chi connectivity index (χ1) is 24.0. The Morgan fingerprint density at radius 1 is 0.615 bits per heavy atom. The van der Waals surface area contributed by atoms with Crippen LogP contribution in [0.4, 0.5) is 0 Å². The molecule has 0 bridgehead atoms. The highest BCUT2D eigenvalue weighted by Crippen LogP contribution is 2.49. The number of carbonyl (C=O) groups is 6. The van der Waals surface area contributed by atoms with Crippen molar-refractivity contribution in [2.75, 3.05) is 19.7 Å². The molecule has 300 valence electrons. The molecule has 6 N–H and O–H groups in total. The minimum absolute atomic E-state index is 0.222. The molecular weight excluding hydrogens is 672 g/mol. The van der Waals surface area contributed by atoms with Crippen molar-refractivity contribution in [2.45, 2.75) is 127 Å². The van der Waals surface area contributed by atoms with Crippen LogP contribution in [0.5, 0.6) is 0 Å². The van der Waals surface area contributed by atoms with Gasteiger partial charge in [-0.05, 0) is 41.9 Å². The summed E-state index contributed by atoms with van der Waals surface area (Å²) in [5.41, 5.74) is -3.73. The van der Waals surface area contributed by atoms with E-state index in [1.165, 1.54) is 27.0 Å². The van der Waals surface area contributed by atoms with Crippen LogP contribution in [0.25, 0.3) is 0 Å². The van der Waals surface area contributed by atoms with E-state index in [0.717, 1.165) is 32.1 Å². The summed E-state index contributed by atoms with van der Waals surface area (Å²) in [6.07, 6.45) is 7.13. The van der Waals surface area contributed by atoms with Gasteiger partial charge in [-0.25, -0.2) is 0 Å². The van der Waals surface area contributed by atoms with E-state index in [9.17, 15) is 49.2 Å². The molecule has 52 heavy (non-hydrogen) atoms. The molecule has 0 aromatic rings. The van der Waals surface area contributed by atoms with E-state index >= 15 is 0 Å². The van der Waals surface area contributed by atoms with Crippen molar-refractivity contribution >= 4 is 35.7 Å². The van der Waals surface area contributed by atoms with Crippen LogP contribution in [-0.2, 0) is 33.5 Å². The fraction of sp³-hybridized carbons (Fsp3) is 0.795. The summed E-state index contributed by atoms with van der Waals surface area (Å²) in [5.74, 6) is -14.7. The zero-order chi connectivity index (χ0) is 40.4. The fourth-order valence-corrected chi connectivity index (χ4v) is 7.65. The van der Waals surface area contributed by atoms with Gasteiger partial charge in [0.15, 0.2) is 0 Å². The number of rotatable bonds is 29. The second kappa shape index (κ2) is 22.4. The number of carbonyl (C=O) groups excluding carboxylic acids is 2. The minimum Gasteiger partial charge on any atom is -0.502 e. The quantitative estimate of drug-likeness (QED) is 0.0362. The van der Waals surface area contributed by atoms with E-state index in [-0.39, 0.29) is 25.9 Å². The topological polar surface area (TPSA) is 217 Å². The first-order valence-electron chi connectivity index (χ1n) is 18.7. The molecule has 2 amide bonds. The van der Waals surface area contributed by atoms with E-state index in [4.69, 9.17) is 4.74 Å². The number of hydrogen-bond donors (Lipinski definition) is 6. The van der Waals surface area contributed by atoms with Crippen molar-refractivity contribution in [1.29, 1.82) is 0 Å².